The van der Waals surface area contributed by atoms with Crippen molar-refractivity contribution >= 4 is 11.6 Å². The van der Waals surface area contributed by atoms with Crippen molar-refractivity contribution in [1.29, 1.82) is 0 Å². The molecule has 4 rings (SSSR count). The molecular formula is C22H23N5O4. The number of morpholine rings is 1. The molecule has 160 valence electrons. The largest absolute Gasteiger partial charge is 0.492 e. The van der Waals surface area contributed by atoms with Crippen LogP contribution in [-0.4, -0.2) is 65.2 Å². The van der Waals surface area contributed by atoms with Crippen LogP contribution in [-0.2, 0) is 4.74 Å². The van der Waals surface area contributed by atoms with Crippen molar-refractivity contribution in [2.24, 2.45) is 0 Å². The fourth-order valence-corrected chi connectivity index (χ4v) is 2.95. The summed E-state index contributed by atoms with van der Waals surface area (Å²) < 4.78 is 16.6. The number of benzene rings is 1. The molecule has 3 heterocycles. The normalized spacial score (nSPS) is 14.1. The van der Waals surface area contributed by atoms with Gasteiger partial charge < -0.3 is 19.5 Å². The number of amides is 1. The summed E-state index contributed by atoms with van der Waals surface area (Å²) >= 11 is 0. The van der Waals surface area contributed by atoms with Crippen LogP contribution < -0.4 is 14.8 Å². The third-order valence-corrected chi connectivity index (χ3v) is 4.63. The number of hydrogen-bond donors (Lipinski definition) is 1. The maximum atomic E-state index is 12.4. The molecule has 1 saturated heterocycles. The molecule has 1 N–H and O–H groups in total. The molecule has 9 nitrogen and oxygen atoms in total. The maximum absolute atomic E-state index is 12.4. The van der Waals surface area contributed by atoms with Crippen LogP contribution in [0, 0.1) is 0 Å². The lowest BCUT2D eigenvalue weighted by Crippen LogP contribution is -2.38. The van der Waals surface area contributed by atoms with Gasteiger partial charge in [-0.3, -0.25) is 14.7 Å². The Kier molecular flexibility index (Phi) is 6.99. The van der Waals surface area contributed by atoms with Gasteiger partial charge in [0.05, 0.1) is 25.0 Å². The third-order valence-electron chi connectivity index (χ3n) is 4.63. The zero-order valence-electron chi connectivity index (χ0n) is 16.9. The molecule has 0 bridgehead atoms. The Balaban J connectivity index is 1.25. The Hall–Kier alpha value is -3.56. The van der Waals surface area contributed by atoms with Gasteiger partial charge >= 0.3 is 6.01 Å². The van der Waals surface area contributed by atoms with Crippen molar-refractivity contribution in [2.45, 2.75) is 0 Å². The van der Waals surface area contributed by atoms with Gasteiger partial charge in [0.2, 0.25) is 0 Å². The highest BCUT2D eigenvalue weighted by atomic mass is 16.5. The van der Waals surface area contributed by atoms with E-state index in [0.717, 1.165) is 38.6 Å². The highest BCUT2D eigenvalue weighted by Gasteiger charge is 2.11. The SMILES string of the molecule is O=C(Nc1ccc(OCCN2CCOCC2)cc1)c1cnc(Oc2cccnc2)nc1. The number of nitrogens with one attached hydrogen (secondary N) is 1. The van der Waals surface area contributed by atoms with Crippen molar-refractivity contribution in [2.75, 3.05) is 44.8 Å². The number of hydrogen-bond acceptors (Lipinski definition) is 8. The zero-order chi connectivity index (χ0) is 21.3. The lowest BCUT2D eigenvalue weighted by molar-refractivity contribution is 0.0322. The van der Waals surface area contributed by atoms with Crippen molar-refractivity contribution in [3.05, 3.63) is 66.7 Å². The van der Waals surface area contributed by atoms with E-state index in [1.54, 1.807) is 36.7 Å². The summed E-state index contributed by atoms with van der Waals surface area (Å²) in [5.41, 5.74) is 0.977. The van der Waals surface area contributed by atoms with Crippen LogP contribution in [0.1, 0.15) is 10.4 Å². The van der Waals surface area contributed by atoms with Crippen LogP contribution in [0.25, 0.3) is 0 Å². The Morgan fingerprint density at radius 2 is 1.81 bits per heavy atom. The van der Waals surface area contributed by atoms with Crippen LogP contribution in [0.5, 0.6) is 17.5 Å². The molecule has 1 aliphatic rings. The van der Waals surface area contributed by atoms with E-state index < -0.39 is 0 Å². The Morgan fingerprint density at radius 3 is 2.52 bits per heavy atom. The van der Waals surface area contributed by atoms with Gasteiger partial charge in [0.1, 0.15) is 18.1 Å². The number of pyridine rings is 1. The number of anilines is 1. The van der Waals surface area contributed by atoms with E-state index in [0.29, 0.717) is 23.6 Å². The lowest BCUT2D eigenvalue weighted by Gasteiger charge is -2.26. The first-order chi connectivity index (χ1) is 15.3. The number of ether oxygens (including phenoxy) is 3. The molecule has 0 saturated carbocycles. The molecule has 1 amide bonds. The maximum Gasteiger partial charge on any atom is 0.321 e. The molecule has 9 heteroatoms. The second-order valence-electron chi connectivity index (χ2n) is 6.83. The second kappa shape index (κ2) is 10.5. The van der Waals surface area contributed by atoms with Gasteiger partial charge in [0, 0.05) is 43.9 Å². The molecule has 0 aliphatic carbocycles. The van der Waals surface area contributed by atoms with Crippen LogP contribution in [0.15, 0.2) is 61.2 Å². The van der Waals surface area contributed by atoms with Crippen molar-refractivity contribution in [3.63, 3.8) is 0 Å². The van der Waals surface area contributed by atoms with E-state index in [9.17, 15) is 4.79 Å². The number of carbonyl (C=O) groups is 1. The minimum Gasteiger partial charge on any atom is -0.492 e. The highest BCUT2D eigenvalue weighted by molar-refractivity contribution is 6.03. The zero-order valence-corrected chi connectivity index (χ0v) is 16.9. The van der Waals surface area contributed by atoms with E-state index in [4.69, 9.17) is 14.2 Å². The minimum absolute atomic E-state index is 0.142. The number of nitrogens with zero attached hydrogens (tertiary/aromatic N) is 4. The van der Waals surface area contributed by atoms with E-state index in [-0.39, 0.29) is 11.9 Å². The molecular weight excluding hydrogens is 398 g/mol. The molecule has 0 radical (unpaired) electrons. The molecule has 3 aromatic rings. The van der Waals surface area contributed by atoms with E-state index >= 15 is 0 Å². The second-order valence-corrected chi connectivity index (χ2v) is 6.83. The van der Waals surface area contributed by atoms with Gasteiger partial charge in [0.25, 0.3) is 5.91 Å². The summed E-state index contributed by atoms with van der Waals surface area (Å²) in [6.07, 6.45) is 6.03. The predicted octanol–water partition coefficient (Wildman–Crippen LogP) is 2.63. The fraction of sp³-hybridized carbons (Fsp3) is 0.273. The Morgan fingerprint density at radius 1 is 1.03 bits per heavy atom. The fourth-order valence-electron chi connectivity index (χ4n) is 2.95. The number of carbonyl (C=O) groups excluding carboxylic acids is 1. The monoisotopic (exact) mass is 421 g/mol. The van der Waals surface area contributed by atoms with E-state index in [1.165, 1.54) is 12.4 Å². The Labute approximate surface area is 180 Å². The van der Waals surface area contributed by atoms with Crippen LogP contribution in [0.2, 0.25) is 0 Å². The van der Waals surface area contributed by atoms with Gasteiger partial charge in [0.15, 0.2) is 0 Å². The van der Waals surface area contributed by atoms with Gasteiger partial charge in [-0.05, 0) is 36.4 Å². The lowest BCUT2D eigenvalue weighted by atomic mass is 10.2. The molecule has 0 atom stereocenters. The molecule has 1 aromatic carbocycles. The summed E-state index contributed by atoms with van der Waals surface area (Å²) in [4.78, 5) is 26.8. The summed E-state index contributed by atoms with van der Waals surface area (Å²) in [6, 6.07) is 10.9. The quantitative estimate of drug-likeness (QED) is 0.593. The topological polar surface area (TPSA) is 98.7 Å². The number of aromatic nitrogens is 3. The predicted molar refractivity (Wildman–Crippen MR) is 113 cm³/mol. The van der Waals surface area contributed by atoms with Crippen LogP contribution >= 0.6 is 0 Å². The van der Waals surface area contributed by atoms with Crippen molar-refractivity contribution in [1.82, 2.24) is 19.9 Å². The van der Waals surface area contributed by atoms with Crippen molar-refractivity contribution < 1.29 is 19.0 Å². The first kappa shape index (κ1) is 20.7. The summed E-state index contributed by atoms with van der Waals surface area (Å²) in [5.74, 6) is 0.965. The van der Waals surface area contributed by atoms with Crippen molar-refractivity contribution in [3.8, 4) is 17.5 Å². The average molecular weight is 421 g/mol. The third kappa shape index (κ3) is 6.21. The molecule has 2 aromatic heterocycles. The summed E-state index contributed by atoms with van der Waals surface area (Å²) in [6.45, 7) is 4.90. The van der Waals surface area contributed by atoms with E-state index in [1.807, 2.05) is 12.1 Å². The van der Waals surface area contributed by atoms with Gasteiger partial charge in [-0.15, -0.1) is 0 Å². The van der Waals surface area contributed by atoms with Crippen LogP contribution in [0.3, 0.4) is 0 Å². The molecule has 0 unspecified atom stereocenters. The average Bonchev–Trinajstić information content (AvgIpc) is 2.82. The van der Waals surface area contributed by atoms with Crippen LogP contribution in [0.4, 0.5) is 5.69 Å². The molecule has 0 spiro atoms. The highest BCUT2D eigenvalue weighted by Crippen LogP contribution is 2.18. The first-order valence-electron chi connectivity index (χ1n) is 10.0. The van der Waals surface area contributed by atoms with Gasteiger partial charge in [-0.25, -0.2) is 9.97 Å². The summed E-state index contributed by atoms with van der Waals surface area (Å²) in [7, 11) is 0. The first-order valence-corrected chi connectivity index (χ1v) is 10.0. The minimum atomic E-state index is -0.311. The standard InChI is InChI=1S/C22H23N5O4/c28-21(17-14-24-22(25-15-17)31-20-2-1-7-23-16-20)26-18-3-5-19(6-4-18)30-13-10-27-8-11-29-12-9-27/h1-7,14-16H,8-13H2,(H,26,28). The molecule has 1 fully saturated rings. The smallest absolute Gasteiger partial charge is 0.321 e. The van der Waals surface area contributed by atoms with Gasteiger partial charge in [-0.2, -0.15) is 0 Å². The molecule has 31 heavy (non-hydrogen) atoms. The Bertz CT molecular complexity index is 961. The van der Waals surface area contributed by atoms with E-state index in [2.05, 4.69) is 25.2 Å². The molecule has 1 aliphatic heterocycles. The summed E-state index contributed by atoms with van der Waals surface area (Å²) in [5, 5.41) is 2.81. The van der Waals surface area contributed by atoms with Gasteiger partial charge in [-0.1, -0.05) is 0 Å². The number of rotatable bonds is 8.